The van der Waals surface area contributed by atoms with E-state index in [4.69, 9.17) is 0 Å². The van der Waals surface area contributed by atoms with Crippen molar-refractivity contribution >= 4 is 0 Å². The molecule has 0 spiro atoms. The van der Waals surface area contributed by atoms with E-state index in [1.165, 1.54) is 0 Å². The second kappa shape index (κ2) is 16.3. The third-order valence-corrected chi connectivity index (χ3v) is 0.537. The standard InChI is InChI=1S/C4H8.C3H7N/c2*1-3-4-2/h3-4H,1-2H3;3-4H,1H2,2H3/b4-3-;. The Morgan fingerprint density at radius 1 is 1.25 bits per heavy atom. The van der Waals surface area contributed by atoms with Gasteiger partial charge in [0.15, 0.2) is 0 Å². The van der Waals surface area contributed by atoms with Gasteiger partial charge in [0.2, 0.25) is 0 Å². The maximum absolute atomic E-state index is 3.37. The van der Waals surface area contributed by atoms with E-state index in [2.05, 4.69) is 11.9 Å². The Morgan fingerprint density at radius 2 is 1.50 bits per heavy atom. The maximum Gasteiger partial charge on any atom is 0.00275 e. The number of hydrogen-bond acceptors (Lipinski definition) is 1. The van der Waals surface area contributed by atoms with Gasteiger partial charge < -0.3 is 5.32 Å². The SMILES string of the molecule is C/C=C\C.C=CNC. The molecule has 1 heteroatoms. The molecule has 48 valence electrons. The second-order valence-corrected chi connectivity index (χ2v) is 1.16. The number of allylic oxidation sites excluding steroid dienone is 2. The molecule has 0 atom stereocenters. The fraction of sp³-hybridized carbons (Fsp3) is 0.429. The Morgan fingerprint density at radius 3 is 1.50 bits per heavy atom. The molecule has 0 aliphatic carbocycles. The molecule has 0 saturated carbocycles. The van der Waals surface area contributed by atoms with Crippen molar-refractivity contribution in [3.63, 3.8) is 0 Å². The Labute approximate surface area is 52.1 Å². The van der Waals surface area contributed by atoms with Crippen LogP contribution in [0.1, 0.15) is 13.8 Å². The molecule has 0 aromatic carbocycles. The molecule has 0 aromatic heterocycles. The molecule has 1 N–H and O–H groups in total. The van der Waals surface area contributed by atoms with Gasteiger partial charge in [-0.25, -0.2) is 0 Å². The number of hydrogen-bond donors (Lipinski definition) is 1. The van der Waals surface area contributed by atoms with Crippen molar-refractivity contribution in [1.82, 2.24) is 5.32 Å². The number of rotatable bonds is 1. The van der Waals surface area contributed by atoms with Gasteiger partial charge in [0.25, 0.3) is 0 Å². The molecule has 0 saturated heterocycles. The summed E-state index contributed by atoms with van der Waals surface area (Å²) < 4.78 is 0. The average Bonchev–Trinajstić information content (AvgIpc) is 1.88. The van der Waals surface area contributed by atoms with Gasteiger partial charge in [0.1, 0.15) is 0 Å². The fourth-order valence-corrected chi connectivity index (χ4v) is 0. The summed E-state index contributed by atoms with van der Waals surface area (Å²) in [5, 5.41) is 2.69. The quantitative estimate of drug-likeness (QED) is 0.512. The molecular weight excluding hydrogens is 98.1 g/mol. The molecule has 0 unspecified atom stereocenters. The lowest BCUT2D eigenvalue weighted by Gasteiger charge is -1.70. The molecule has 0 aliphatic rings. The second-order valence-electron chi connectivity index (χ2n) is 1.16. The summed E-state index contributed by atoms with van der Waals surface area (Å²) >= 11 is 0. The van der Waals surface area contributed by atoms with Gasteiger partial charge in [0.05, 0.1) is 0 Å². The molecule has 0 rings (SSSR count). The highest BCUT2D eigenvalue weighted by Crippen LogP contribution is 1.57. The summed E-state index contributed by atoms with van der Waals surface area (Å²) in [5.41, 5.74) is 0. The first-order valence-electron chi connectivity index (χ1n) is 2.68. The summed E-state index contributed by atoms with van der Waals surface area (Å²) in [6.45, 7) is 7.37. The van der Waals surface area contributed by atoms with Crippen molar-refractivity contribution in [3.05, 3.63) is 24.9 Å². The molecule has 0 fully saturated rings. The summed E-state index contributed by atoms with van der Waals surface area (Å²) in [7, 11) is 1.81. The van der Waals surface area contributed by atoms with E-state index in [-0.39, 0.29) is 0 Å². The molecule has 0 aromatic rings. The normalized spacial score (nSPS) is 7.38. The van der Waals surface area contributed by atoms with Crippen molar-refractivity contribution in [3.8, 4) is 0 Å². The molecule has 0 radical (unpaired) electrons. The van der Waals surface area contributed by atoms with Gasteiger partial charge in [-0.05, 0) is 20.0 Å². The van der Waals surface area contributed by atoms with Crippen LogP contribution >= 0.6 is 0 Å². The van der Waals surface area contributed by atoms with Crippen LogP contribution in [-0.4, -0.2) is 7.05 Å². The molecule has 0 amide bonds. The number of nitrogens with one attached hydrogen (secondary N) is 1. The van der Waals surface area contributed by atoms with Crippen molar-refractivity contribution in [2.24, 2.45) is 0 Å². The predicted molar refractivity (Wildman–Crippen MR) is 39.7 cm³/mol. The minimum Gasteiger partial charge on any atom is -0.394 e. The van der Waals surface area contributed by atoms with E-state index in [9.17, 15) is 0 Å². The Balaban J connectivity index is 0. The first kappa shape index (κ1) is 10.3. The third-order valence-electron chi connectivity index (χ3n) is 0.537. The topological polar surface area (TPSA) is 12.0 Å². The molecule has 0 heterocycles. The maximum atomic E-state index is 3.37. The van der Waals surface area contributed by atoms with Gasteiger partial charge in [-0.2, -0.15) is 0 Å². The van der Waals surface area contributed by atoms with E-state index in [0.29, 0.717) is 0 Å². The zero-order valence-electron chi connectivity index (χ0n) is 5.94. The monoisotopic (exact) mass is 113 g/mol. The molecule has 8 heavy (non-hydrogen) atoms. The van der Waals surface area contributed by atoms with E-state index in [0.717, 1.165) is 0 Å². The highest BCUT2D eigenvalue weighted by atomic mass is 14.8. The van der Waals surface area contributed by atoms with E-state index in [1.54, 1.807) is 6.20 Å². The van der Waals surface area contributed by atoms with Crippen LogP contribution in [0.5, 0.6) is 0 Å². The van der Waals surface area contributed by atoms with Crippen LogP contribution in [0.25, 0.3) is 0 Å². The molecule has 0 aliphatic heterocycles. The highest BCUT2D eigenvalue weighted by molar-refractivity contribution is 4.68. The highest BCUT2D eigenvalue weighted by Gasteiger charge is 1.35. The summed E-state index contributed by atoms with van der Waals surface area (Å²) in [6.07, 6.45) is 5.62. The van der Waals surface area contributed by atoms with Crippen molar-refractivity contribution in [2.45, 2.75) is 13.8 Å². The van der Waals surface area contributed by atoms with Gasteiger partial charge in [-0.15, -0.1) is 0 Å². The van der Waals surface area contributed by atoms with Crippen LogP contribution in [0.15, 0.2) is 24.9 Å². The fourth-order valence-electron chi connectivity index (χ4n) is 0. The Kier molecular flexibility index (Phi) is 20.9. The van der Waals surface area contributed by atoms with Crippen LogP contribution < -0.4 is 5.32 Å². The first-order chi connectivity index (χ1) is 3.83. The van der Waals surface area contributed by atoms with E-state index < -0.39 is 0 Å². The largest absolute Gasteiger partial charge is 0.394 e. The van der Waals surface area contributed by atoms with Crippen LogP contribution in [-0.2, 0) is 0 Å². The van der Waals surface area contributed by atoms with Crippen LogP contribution in [0.2, 0.25) is 0 Å². The third kappa shape index (κ3) is 59.0. The van der Waals surface area contributed by atoms with Crippen LogP contribution in [0.3, 0.4) is 0 Å². The smallest absolute Gasteiger partial charge is 0.00275 e. The van der Waals surface area contributed by atoms with Crippen LogP contribution in [0.4, 0.5) is 0 Å². The van der Waals surface area contributed by atoms with E-state index >= 15 is 0 Å². The molecular formula is C7H15N. The van der Waals surface area contributed by atoms with Gasteiger partial charge in [-0.1, -0.05) is 18.7 Å². The van der Waals surface area contributed by atoms with Crippen molar-refractivity contribution in [1.29, 1.82) is 0 Å². The summed E-state index contributed by atoms with van der Waals surface area (Å²) in [4.78, 5) is 0. The van der Waals surface area contributed by atoms with Crippen molar-refractivity contribution < 1.29 is 0 Å². The minimum atomic E-state index is 1.62. The lowest BCUT2D eigenvalue weighted by molar-refractivity contribution is 1.11. The summed E-state index contributed by atoms with van der Waals surface area (Å²) in [5.74, 6) is 0. The molecule has 1 nitrogen and oxygen atoms in total. The zero-order valence-corrected chi connectivity index (χ0v) is 5.94. The van der Waals surface area contributed by atoms with Gasteiger partial charge in [-0.3, -0.25) is 0 Å². The average molecular weight is 113 g/mol. The van der Waals surface area contributed by atoms with Gasteiger partial charge >= 0.3 is 0 Å². The van der Waals surface area contributed by atoms with Crippen molar-refractivity contribution in [2.75, 3.05) is 7.05 Å². The minimum absolute atomic E-state index is 1.62. The Hall–Kier alpha value is -0.720. The van der Waals surface area contributed by atoms with Gasteiger partial charge in [0, 0.05) is 7.05 Å². The lowest BCUT2D eigenvalue weighted by Crippen LogP contribution is -1.87. The summed E-state index contributed by atoms with van der Waals surface area (Å²) in [6, 6.07) is 0. The van der Waals surface area contributed by atoms with E-state index in [1.807, 2.05) is 33.0 Å². The Bertz CT molecular complexity index is 51.4. The lowest BCUT2D eigenvalue weighted by atomic mass is 10.6. The predicted octanol–water partition coefficient (Wildman–Crippen LogP) is 1.93. The molecule has 0 bridgehead atoms. The first-order valence-corrected chi connectivity index (χ1v) is 2.68. The van der Waals surface area contributed by atoms with Crippen LogP contribution in [0, 0.1) is 0 Å². The zero-order chi connectivity index (χ0) is 6.83.